The van der Waals surface area contributed by atoms with Crippen molar-refractivity contribution in [1.82, 2.24) is 0 Å². The molecule has 82 valence electrons. The van der Waals surface area contributed by atoms with E-state index in [-0.39, 0.29) is 29.1 Å². The molecular formula is C9H17NO3S. The summed E-state index contributed by atoms with van der Waals surface area (Å²) in [6, 6.07) is 0. The minimum absolute atomic E-state index is 0.265. The standard InChI is InChI=1S/C9H17NO3S/c10-9(5-8(11)6-9)7-1-3-14(12,13)4-2-7/h7-8,11H,1-6,10H2. The van der Waals surface area contributed by atoms with Gasteiger partial charge in [-0.25, -0.2) is 8.42 Å². The smallest absolute Gasteiger partial charge is 0.150 e. The average Bonchev–Trinajstić information content (AvgIpc) is 2.01. The second kappa shape index (κ2) is 3.18. The number of hydrogen-bond acceptors (Lipinski definition) is 4. The highest BCUT2D eigenvalue weighted by molar-refractivity contribution is 7.91. The first kappa shape index (κ1) is 10.4. The Morgan fingerprint density at radius 3 is 2.14 bits per heavy atom. The van der Waals surface area contributed by atoms with E-state index in [1.807, 2.05) is 0 Å². The molecule has 1 aliphatic heterocycles. The predicted molar refractivity (Wildman–Crippen MR) is 53.5 cm³/mol. The van der Waals surface area contributed by atoms with Gasteiger partial charge in [0.1, 0.15) is 9.84 Å². The van der Waals surface area contributed by atoms with Crippen molar-refractivity contribution < 1.29 is 13.5 Å². The topological polar surface area (TPSA) is 80.4 Å². The van der Waals surface area contributed by atoms with Crippen LogP contribution in [0.15, 0.2) is 0 Å². The molecule has 1 saturated carbocycles. The number of aliphatic hydroxyl groups excluding tert-OH is 1. The Kier molecular flexibility index (Phi) is 2.36. The first-order chi connectivity index (χ1) is 6.41. The lowest BCUT2D eigenvalue weighted by molar-refractivity contribution is -0.0109. The maximum atomic E-state index is 11.2. The van der Waals surface area contributed by atoms with Gasteiger partial charge < -0.3 is 10.8 Å². The summed E-state index contributed by atoms with van der Waals surface area (Å²) in [7, 11) is -2.79. The molecule has 0 radical (unpaired) electrons. The maximum Gasteiger partial charge on any atom is 0.150 e. The van der Waals surface area contributed by atoms with Gasteiger partial charge in [0.2, 0.25) is 0 Å². The highest BCUT2D eigenvalue weighted by Crippen LogP contribution is 2.41. The van der Waals surface area contributed by atoms with E-state index in [0.717, 1.165) is 0 Å². The molecule has 0 amide bonds. The average molecular weight is 219 g/mol. The lowest BCUT2D eigenvalue weighted by Crippen LogP contribution is -2.60. The van der Waals surface area contributed by atoms with Crippen LogP contribution >= 0.6 is 0 Å². The van der Waals surface area contributed by atoms with Crippen LogP contribution in [-0.4, -0.2) is 36.7 Å². The van der Waals surface area contributed by atoms with Crippen LogP contribution in [0.1, 0.15) is 25.7 Å². The molecule has 2 rings (SSSR count). The number of rotatable bonds is 1. The van der Waals surface area contributed by atoms with Crippen LogP contribution in [-0.2, 0) is 9.84 Å². The van der Waals surface area contributed by atoms with E-state index in [0.29, 0.717) is 25.7 Å². The minimum Gasteiger partial charge on any atom is -0.393 e. The Bertz CT molecular complexity index is 305. The Morgan fingerprint density at radius 1 is 1.21 bits per heavy atom. The third-order valence-corrected chi connectivity index (χ3v) is 5.31. The van der Waals surface area contributed by atoms with Crippen molar-refractivity contribution in [2.24, 2.45) is 11.7 Å². The van der Waals surface area contributed by atoms with E-state index in [1.165, 1.54) is 0 Å². The quantitative estimate of drug-likeness (QED) is 0.632. The van der Waals surface area contributed by atoms with Crippen molar-refractivity contribution in [3.63, 3.8) is 0 Å². The molecule has 0 aromatic carbocycles. The second-order valence-corrected chi connectivity index (χ2v) is 7.02. The molecule has 1 saturated heterocycles. The number of aliphatic hydroxyl groups is 1. The third-order valence-electron chi connectivity index (χ3n) is 3.60. The van der Waals surface area contributed by atoms with Crippen LogP contribution in [0, 0.1) is 5.92 Å². The molecule has 0 aromatic heterocycles. The monoisotopic (exact) mass is 219 g/mol. The van der Waals surface area contributed by atoms with Gasteiger partial charge in [-0.2, -0.15) is 0 Å². The van der Waals surface area contributed by atoms with Crippen LogP contribution in [0.3, 0.4) is 0 Å². The van der Waals surface area contributed by atoms with Crippen molar-refractivity contribution in [2.45, 2.75) is 37.3 Å². The van der Waals surface area contributed by atoms with Crippen molar-refractivity contribution in [1.29, 1.82) is 0 Å². The first-order valence-corrected chi connectivity index (χ1v) is 6.91. The van der Waals surface area contributed by atoms with Crippen LogP contribution in [0.4, 0.5) is 0 Å². The summed E-state index contributed by atoms with van der Waals surface area (Å²) < 4.78 is 22.4. The summed E-state index contributed by atoms with van der Waals surface area (Å²) in [6.45, 7) is 0. The minimum atomic E-state index is -2.79. The van der Waals surface area contributed by atoms with E-state index < -0.39 is 9.84 Å². The molecule has 4 nitrogen and oxygen atoms in total. The van der Waals surface area contributed by atoms with Gasteiger partial charge in [0, 0.05) is 5.54 Å². The van der Waals surface area contributed by atoms with E-state index in [1.54, 1.807) is 0 Å². The van der Waals surface area contributed by atoms with Gasteiger partial charge in [-0.3, -0.25) is 0 Å². The summed E-state index contributed by atoms with van der Waals surface area (Å²) in [5.74, 6) is 0.828. The first-order valence-electron chi connectivity index (χ1n) is 5.09. The zero-order valence-corrected chi connectivity index (χ0v) is 8.96. The van der Waals surface area contributed by atoms with Crippen LogP contribution < -0.4 is 5.73 Å². The van der Waals surface area contributed by atoms with Gasteiger partial charge in [0.25, 0.3) is 0 Å². The van der Waals surface area contributed by atoms with E-state index in [4.69, 9.17) is 5.73 Å². The van der Waals surface area contributed by atoms with Crippen LogP contribution in [0.2, 0.25) is 0 Å². The summed E-state index contributed by atoms with van der Waals surface area (Å²) in [6.07, 6.45) is 2.35. The molecule has 1 heterocycles. The van der Waals surface area contributed by atoms with Gasteiger partial charge in [-0.05, 0) is 31.6 Å². The van der Waals surface area contributed by atoms with Crippen molar-refractivity contribution >= 4 is 9.84 Å². The Hall–Kier alpha value is -0.130. The Morgan fingerprint density at radius 2 is 1.71 bits per heavy atom. The normalized spacial score (nSPS) is 43.1. The van der Waals surface area contributed by atoms with Crippen molar-refractivity contribution in [3.05, 3.63) is 0 Å². The number of sulfone groups is 1. The molecule has 1 aliphatic carbocycles. The van der Waals surface area contributed by atoms with Gasteiger partial charge in [0.15, 0.2) is 0 Å². The van der Waals surface area contributed by atoms with Crippen molar-refractivity contribution in [2.75, 3.05) is 11.5 Å². The molecule has 0 aromatic rings. The molecule has 2 aliphatic rings. The van der Waals surface area contributed by atoms with Gasteiger partial charge in [0.05, 0.1) is 17.6 Å². The molecule has 5 heteroatoms. The molecule has 14 heavy (non-hydrogen) atoms. The fourth-order valence-corrected chi connectivity index (χ4v) is 4.11. The van der Waals surface area contributed by atoms with E-state index in [2.05, 4.69) is 0 Å². The molecule has 2 fully saturated rings. The summed E-state index contributed by atoms with van der Waals surface area (Å²) >= 11 is 0. The Balaban J connectivity index is 1.96. The number of hydrogen-bond donors (Lipinski definition) is 2. The Labute approximate surface area is 84.4 Å². The van der Waals surface area contributed by atoms with Crippen LogP contribution in [0.5, 0.6) is 0 Å². The molecule has 0 spiro atoms. The lowest BCUT2D eigenvalue weighted by Gasteiger charge is -2.49. The van der Waals surface area contributed by atoms with Gasteiger partial charge in [-0.15, -0.1) is 0 Å². The van der Waals surface area contributed by atoms with Crippen molar-refractivity contribution in [3.8, 4) is 0 Å². The molecular weight excluding hydrogens is 202 g/mol. The highest BCUT2D eigenvalue weighted by atomic mass is 32.2. The summed E-state index contributed by atoms with van der Waals surface area (Å²) in [5.41, 5.74) is 5.82. The van der Waals surface area contributed by atoms with Gasteiger partial charge in [-0.1, -0.05) is 0 Å². The summed E-state index contributed by atoms with van der Waals surface area (Å²) in [4.78, 5) is 0. The fourth-order valence-electron chi connectivity index (χ4n) is 2.62. The highest BCUT2D eigenvalue weighted by Gasteiger charge is 2.47. The molecule has 0 unspecified atom stereocenters. The van der Waals surface area contributed by atoms with Gasteiger partial charge >= 0.3 is 0 Å². The zero-order valence-electron chi connectivity index (χ0n) is 8.15. The zero-order chi connectivity index (χ0) is 10.4. The predicted octanol–water partition coefficient (Wildman–Crippen LogP) is -0.337. The SMILES string of the molecule is NC1(C2CCS(=O)(=O)CC2)CC(O)C1. The summed E-state index contributed by atoms with van der Waals surface area (Å²) in [5, 5.41) is 9.22. The maximum absolute atomic E-state index is 11.2. The lowest BCUT2D eigenvalue weighted by atomic mass is 9.65. The molecule has 0 bridgehead atoms. The third kappa shape index (κ3) is 1.81. The van der Waals surface area contributed by atoms with Crippen LogP contribution in [0.25, 0.3) is 0 Å². The van der Waals surface area contributed by atoms with E-state index in [9.17, 15) is 13.5 Å². The fraction of sp³-hybridized carbons (Fsp3) is 1.00. The van der Waals surface area contributed by atoms with E-state index >= 15 is 0 Å². The number of nitrogens with two attached hydrogens (primary N) is 1. The second-order valence-electron chi connectivity index (χ2n) is 4.72. The molecule has 3 N–H and O–H groups in total. The molecule has 0 atom stereocenters. The largest absolute Gasteiger partial charge is 0.393 e.